The minimum atomic E-state index is -0.152. The molecule has 1 aliphatic heterocycles. The monoisotopic (exact) mass is 179 g/mol. The lowest BCUT2D eigenvalue weighted by Crippen LogP contribution is -2.49. The number of nitrogen functional groups attached to an aromatic ring is 1. The number of pyridine rings is 1. The molecule has 0 unspecified atom stereocenters. The molecule has 70 valence electrons. The molecule has 4 nitrogen and oxygen atoms in total. The molecule has 1 aliphatic rings. The van der Waals surface area contributed by atoms with Crippen molar-refractivity contribution in [1.29, 1.82) is 0 Å². The first-order chi connectivity index (χ1) is 6.24. The number of nitrogens with two attached hydrogens (primary N) is 1. The Kier molecular flexibility index (Phi) is 2.16. The van der Waals surface area contributed by atoms with Crippen molar-refractivity contribution in [2.75, 3.05) is 18.8 Å². The number of β-amino-alcohol motifs (C(OH)–C–C–N with tert-alkyl or cyclic N) is 1. The Bertz CT molecular complexity index is 297. The standard InChI is InChI=1S/C9H13N3O/c10-7-1-2-11-8(3-7)4-12-5-9(13)6-12/h1-3,9,13H,4-6H2,(H2,10,11). The first-order valence-corrected chi connectivity index (χ1v) is 4.35. The maximum atomic E-state index is 9.06. The number of anilines is 1. The zero-order valence-corrected chi connectivity index (χ0v) is 7.35. The lowest BCUT2D eigenvalue weighted by atomic mass is 10.1. The fourth-order valence-corrected chi connectivity index (χ4v) is 1.48. The average molecular weight is 179 g/mol. The van der Waals surface area contributed by atoms with Crippen molar-refractivity contribution in [1.82, 2.24) is 9.88 Å². The van der Waals surface area contributed by atoms with Gasteiger partial charge in [0.05, 0.1) is 11.8 Å². The van der Waals surface area contributed by atoms with Gasteiger partial charge in [-0.25, -0.2) is 0 Å². The van der Waals surface area contributed by atoms with E-state index in [0.29, 0.717) is 0 Å². The third-order valence-electron chi connectivity index (χ3n) is 2.16. The molecule has 1 fully saturated rings. The number of aliphatic hydroxyl groups is 1. The summed E-state index contributed by atoms with van der Waals surface area (Å²) in [5.74, 6) is 0. The van der Waals surface area contributed by atoms with Gasteiger partial charge in [0.1, 0.15) is 0 Å². The number of nitrogens with zero attached hydrogens (tertiary/aromatic N) is 2. The Morgan fingerprint density at radius 3 is 3.00 bits per heavy atom. The number of aromatic nitrogens is 1. The molecule has 0 aliphatic carbocycles. The molecular weight excluding hydrogens is 166 g/mol. The van der Waals surface area contributed by atoms with Crippen molar-refractivity contribution in [2.24, 2.45) is 0 Å². The van der Waals surface area contributed by atoms with Crippen LogP contribution in [0, 0.1) is 0 Å². The van der Waals surface area contributed by atoms with E-state index in [0.717, 1.165) is 31.0 Å². The second-order valence-electron chi connectivity index (χ2n) is 3.43. The predicted molar refractivity (Wildman–Crippen MR) is 49.9 cm³/mol. The summed E-state index contributed by atoms with van der Waals surface area (Å²) in [4.78, 5) is 6.31. The first kappa shape index (κ1) is 8.47. The van der Waals surface area contributed by atoms with Crippen molar-refractivity contribution < 1.29 is 5.11 Å². The number of aliphatic hydroxyl groups excluding tert-OH is 1. The summed E-state index contributed by atoms with van der Waals surface area (Å²) in [5, 5.41) is 9.06. The highest BCUT2D eigenvalue weighted by Gasteiger charge is 2.24. The van der Waals surface area contributed by atoms with Crippen LogP contribution in [-0.2, 0) is 6.54 Å². The van der Waals surface area contributed by atoms with Crippen LogP contribution in [-0.4, -0.2) is 34.2 Å². The van der Waals surface area contributed by atoms with Crippen LogP contribution < -0.4 is 5.73 Å². The number of hydrogen-bond acceptors (Lipinski definition) is 4. The highest BCUT2D eigenvalue weighted by molar-refractivity contribution is 5.37. The van der Waals surface area contributed by atoms with Gasteiger partial charge in [0.2, 0.25) is 0 Å². The molecule has 0 saturated carbocycles. The molecule has 0 bridgehead atoms. The number of rotatable bonds is 2. The smallest absolute Gasteiger partial charge is 0.0794 e. The minimum absolute atomic E-state index is 0.152. The van der Waals surface area contributed by atoms with Crippen molar-refractivity contribution >= 4 is 5.69 Å². The van der Waals surface area contributed by atoms with E-state index in [9.17, 15) is 0 Å². The van der Waals surface area contributed by atoms with Crippen LogP contribution in [0.25, 0.3) is 0 Å². The van der Waals surface area contributed by atoms with Crippen LogP contribution in [0.5, 0.6) is 0 Å². The van der Waals surface area contributed by atoms with E-state index in [4.69, 9.17) is 10.8 Å². The van der Waals surface area contributed by atoms with Gasteiger partial charge in [-0.2, -0.15) is 0 Å². The van der Waals surface area contributed by atoms with E-state index in [-0.39, 0.29) is 6.10 Å². The van der Waals surface area contributed by atoms with E-state index < -0.39 is 0 Å². The molecule has 0 spiro atoms. The van der Waals surface area contributed by atoms with Crippen LogP contribution in [0.3, 0.4) is 0 Å². The third-order valence-corrected chi connectivity index (χ3v) is 2.16. The van der Waals surface area contributed by atoms with Gasteiger partial charge in [-0.15, -0.1) is 0 Å². The summed E-state index contributed by atoms with van der Waals surface area (Å²) in [6.45, 7) is 2.27. The Labute approximate surface area is 77.0 Å². The van der Waals surface area contributed by atoms with Gasteiger partial charge >= 0.3 is 0 Å². The molecule has 13 heavy (non-hydrogen) atoms. The number of likely N-dealkylation sites (tertiary alicyclic amines) is 1. The Hall–Kier alpha value is -1.13. The average Bonchev–Trinajstić information content (AvgIpc) is 2.01. The van der Waals surface area contributed by atoms with Crippen LogP contribution in [0.1, 0.15) is 5.69 Å². The SMILES string of the molecule is Nc1ccnc(CN2CC(O)C2)c1. The number of hydrogen-bond donors (Lipinski definition) is 2. The van der Waals surface area contributed by atoms with Crippen molar-refractivity contribution in [3.8, 4) is 0 Å². The van der Waals surface area contributed by atoms with E-state index in [1.807, 2.05) is 6.07 Å². The lowest BCUT2D eigenvalue weighted by Gasteiger charge is -2.35. The maximum Gasteiger partial charge on any atom is 0.0794 e. The quantitative estimate of drug-likeness (QED) is 0.662. The molecule has 2 heterocycles. The minimum Gasteiger partial charge on any atom is -0.399 e. The van der Waals surface area contributed by atoms with E-state index in [1.165, 1.54) is 0 Å². The van der Waals surface area contributed by atoms with E-state index in [1.54, 1.807) is 12.3 Å². The molecule has 3 N–H and O–H groups in total. The highest BCUT2D eigenvalue weighted by Crippen LogP contribution is 2.12. The summed E-state index contributed by atoms with van der Waals surface area (Å²) in [6, 6.07) is 3.64. The molecular formula is C9H13N3O. The molecule has 0 amide bonds. The van der Waals surface area contributed by atoms with Gasteiger partial charge in [0, 0.05) is 31.5 Å². The largest absolute Gasteiger partial charge is 0.399 e. The zero-order chi connectivity index (χ0) is 9.26. The molecule has 0 aromatic carbocycles. The van der Waals surface area contributed by atoms with E-state index in [2.05, 4.69) is 9.88 Å². The maximum absolute atomic E-state index is 9.06. The summed E-state index contributed by atoms with van der Waals surface area (Å²) < 4.78 is 0. The second-order valence-corrected chi connectivity index (χ2v) is 3.43. The Balaban J connectivity index is 1.94. The van der Waals surface area contributed by atoms with Gasteiger partial charge in [-0.3, -0.25) is 9.88 Å². The van der Waals surface area contributed by atoms with E-state index >= 15 is 0 Å². The Morgan fingerprint density at radius 1 is 1.62 bits per heavy atom. The Morgan fingerprint density at radius 2 is 2.38 bits per heavy atom. The second kappa shape index (κ2) is 3.32. The van der Waals surface area contributed by atoms with Gasteiger partial charge in [-0.05, 0) is 12.1 Å². The normalized spacial score (nSPS) is 18.5. The summed E-state index contributed by atoms with van der Waals surface area (Å²) in [7, 11) is 0. The topological polar surface area (TPSA) is 62.4 Å². The summed E-state index contributed by atoms with van der Waals surface area (Å²) in [5.41, 5.74) is 7.32. The van der Waals surface area contributed by atoms with Gasteiger partial charge in [0.15, 0.2) is 0 Å². The van der Waals surface area contributed by atoms with Crippen LogP contribution in [0.2, 0.25) is 0 Å². The molecule has 2 rings (SSSR count). The third kappa shape index (κ3) is 1.96. The zero-order valence-electron chi connectivity index (χ0n) is 7.35. The summed E-state index contributed by atoms with van der Waals surface area (Å²) in [6.07, 6.45) is 1.56. The van der Waals surface area contributed by atoms with Gasteiger partial charge in [0.25, 0.3) is 0 Å². The van der Waals surface area contributed by atoms with Crippen LogP contribution in [0.4, 0.5) is 5.69 Å². The van der Waals surface area contributed by atoms with Gasteiger partial charge < -0.3 is 10.8 Å². The predicted octanol–water partition coefficient (Wildman–Crippen LogP) is -0.160. The molecule has 0 atom stereocenters. The first-order valence-electron chi connectivity index (χ1n) is 4.35. The highest BCUT2D eigenvalue weighted by atomic mass is 16.3. The lowest BCUT2D eigenvalue weighted by molar-refractivity contribution is -0.00352. The summed E-state index contributed by atoms with van der Waals surface area (Å²) >= 11 is 0. The van der Waals surface area contributed by atoms with Crippen molar-refractivity contribution in [2.45, 2.75) is 12.6 Å². The fourth-order valence-electron chi connectivity index (χ4n) is 1.48. The fraction of sp³-hybridized carbons (Fsp3) is 0.444. The van der Waals surface area contributed by atoms with Crippen LogP contribution >= 0.6 is 0 Å². The van der Waals surface area contributed by atoms with Crippen molar-refractivity contribution in [3.63, 3.8) is 0 Å². The molecule has 0 radical (unpaired) electrons. The van der Waals surface area contributed by atoms with Crippen LogP contribution in [0.15, 0.2) is 18.3 Å². The molecule has 1 saturated heterocycles. The van der Waals surface area contributed by atoms with Gasteiger partial charge in [-0.1, -0.05) is 0 Å². The van der Waals surface area contributed by atoms with Crippen molar-refractivity contribution in [3.05, 3.63) is 24.0 Å². The molecule has 1 aromatic rings. The molecule has 4 heteroatoms. The molecule has 1 aromatic heterocycles.